The highest BCUT2D eigenvalue weighted by Gasteiger charge is 2.20. The van der Waals surface area contributed by atoms with Gasteiger partial charge in [-0.05, 0) is 43.6 Å². The molecule has 4 nitrogen and oxygen atoms in total. The molecule has 0 spiro atoms. The molecule has 1 aliphatic carbocycles. The minimum Gasteiger partial charge on any atom is -0.381 e. The van der Waals surface area contributed by atoms with Gasteiger partial charge >= 0.3 is 0 Å². The van der Waals surface area contributed by atoms with Crippen molar-refractivity contribution in [2.24, 2.45) is 10.9 Å². The third-order valence-electron chi connectivity index (χ3n) is 2.85. The maximum atomic E-state index is 5.58. The summed E-state index contributed by atoms with van der Waals surface area (Å²) in [6.45, 7) is 3.72. The number of thioether (sulfide) groups is 1. The Kier molecular flexibility index (Phi) is 9.12. The lowest BCUT2D eigenvalue weighted by atomic mass is 10.4. The molecule has 0 aromatic carbocycles. The molecule has 0 amide bonds. The van der Waals surface area contributed by atoms with Crippen molar-refractivity contribution in [2.75, 3.05) is 45.4 Å². The van der Waals surface area contributed by atoms with E-state index in [-0.39, 0.29) is 0 Å². The normalized spacial score (nSPS) is 15.8. The molecule has 0 aromatic heterocycles. The van der Waals surface area contributed by atoms with E-state index < -0.39 is 0 Å². The molecule has 0 unspecified atom stereocenters. The van der Waals surface area contributed by atoms with Crippen LogP contribution in [0, 0.1) is 5.92 Å². The molecule has 0 heterocycles. The van der Waals surface area contributed by atoms with E-state index in [1.165, 1.54) is 25.0 Å². The van der Waals surface area contributed by atoms with Gasteiger partial charge in [0.15, 0.2) is 5.96 Å². The van der Waals surface area contributed by atoms with Gasteiger partial charge in [-0.2, -0.15) is 11.8 Å². The number of hydrogen-bond acceptors (Lipinski definition) is 3. The zero-order valence-corrected chi connectivity index (χ0v) is 12.5. The van der Waals surface area contributed by atoms with Crippen LogP contribution < -0.4 is 10.6 Å². The molecule has 0 aromatic rings. The SMILES string of the molecule is CN=C(NCCCOCC1CC1)NCCCSC. The van der Waals surface area contributed by atoms with Crippen LogP contribution in [0.2, 0.25) is 0 Å². The zero-order valence-electron chi connectivity index (χ0n) is 11.7. The van der Waals surface area contributed by atoms with Gasteiger partial charge in [-0.25, -0.2) is 0 Å². The molecule has 0 bridgehead atoms. The van der Waals surface area contributed by atoms with Crippen molar-refractivity contribution in [3.05, 3.63) is 0 Å². The highest BCUT2D eigenvalue weighted by atomic mass is 32.2. The van der Waals surface area contributed by atoms with Gasteiger partial charge < -0.3 is 15.4 Å². The molecular weight excluding hydrogens is 246 g/mol. The Morgan fingerprint density at radius 1 is 1.28 bits per heavy atom. The number of rotatable bonds is 10. The van der Waals surface area contributed by atoms with Crippen molar-refractivity contribution in [3.8, 4) is 0 Å². The summed E-state index contributed by atoms with van der Waals surface area (Å²) in [5.41, 5.74) is 0. The maximum absolute atomic E-state index is 5.58. The molecule has 0 atom stereocenters. The van der Waals surface area contributed by atoms with Crippen molar-refractivity contribution in [2.45, 2.75) is 25.7 Å². The number of guanidine groups is 1. The summed E-state index contributed by atoms with van der Waals surface area (Å²) in [4.78, 5) is 4.19. The van der Waals surface area contributed by atoms with Crippen LogP contribution in [0.5, 0.6) is 0 Å². The van der Waals surface area contributed by atoms with E-state index in [0.29, 0.717) is 0 Å². The fourth-order valence-electron chi connectivity index (χ4n) is 1.56. The first-order valence-corrected chi connectivity index (χ1v) is 8.27. The number of hydrogen-bond donors (Lipinski definition) is 2. The van der Waals surface area contributed by atoms with Crippen molar-refractivity contribution in [1.29, 1.82) is 0 Å². The lowest BCUT2D eigenvalue weighted by Crippen LogP contribution is -2.38. The summed E-state index contributed by atoms with van der Waals surface area (Å²) in [7, 11) is 1.81. The van der Waals surface area contributed by atoms with Crippen LogP contribution in [0.4, 0.5) is 0 Å². The summed E-state index contributed by atoms with van der Waals surface area (Å²) >= 11 is 1.88. The summed E-state index contributed by atoms with van der Waals surface area (Å²) in [6, 6.07) is 0. The molecule has 0 aliphatic heterocycles. The Labute approximate surface area is 115 Å². The number of aliphatic imine (C=N–C) groups is 1. The summed E-state index contributed by atoms with van der Waals surface area (Å²) in [5, 5.41) is 6.61. The van der Waals surface area contributed by atoms with Crippen LogP contribution >= 0.6 is 11.8 Å². The molecule has 1 rings (SSSR count). The lowest BCUT2D eigenvalue weighted by molar-refractivity contribution is 0.123. The van der Waals surface area contributed by atoms with E-state index in [1.807, 2.05) is 18.8 Å². The highest BCUT2D eigenvalue weighted by Crippen LogP contribution is 2.28. The predicted molar refractivity (Wildman–Crippen MR) is 80.5 cm³/mol. The molecule has 5 heteroatoms. The van der Waals surface area contributed by atoms with E-state index in [1.54, 1.807) is 0 Å². The Hall–Kier alpha value is -0.420. The second-order valence-electron chi connectivity index (χ2n) is 4.64. The summed E-state index contributed by atoms with van der Waals surface area (Å²) < 4.78 is 5.58. The third-order valence-corrected chi connectivity index (χ3v) is 3.55. The largest absolute Gasteiger partial charge is 0.381 e. The molecule has 1 saturated carbocycles. The van der Waals surface area contributed by atoms with Crippen LogP contribution in [0.3, 0.4) is 0 Å². The Balaban J connectivity index is 1.87. The first kappa shape index (κ1) is 15.6. The lowest BCUT2D eigenvalue weighted by Gasteiger charge is -2.11. The van der Waals surface area contributed by atoms with Gasteiger partial charge in [0.05, 0.1) is 0 Å². The highest BCUT2D eigenvalue weighted by molar-refractivity contribution is 7.98. The average Bonchev–Trinajstić information content (AvgIpc) is 3.20. The van der Waals surface area contributed by atoms with Gasteiger partial charge in [0.1, 0.15) is 0 Å². The van der Waals surface area contributed by atoms with Gasteiger partial charge in [-0.3, -0.25) is 4.99 Å². The van der Waals surface area contributed by atoms with E-state index in [9.17, 15) is 0 Å². The number of ether oxygens (including phenoxy) is 1. The smallest absolute Gasteiger partial charge is 0.190 e. The average molecular weight is 273 g/mol. The zero-order chi connectivity index (χ0) is 13.1. The second kappa shape index (κ2) is 10.5. The molecule has 1 fully saturated rings. The standard InChI is InChI=1S/C13H27N3OS/c1-14-13(16-8-4-10-18-2)15-7-3-9-17-11-12-5-6-12/h12H,3-11H2,1-2H3,(H2,14,15,16). The quantitative estimate of drug-likeness (QED) is 0.361. The van der Waals surface area contributed by atoms with Crippen molar-refractivity contribution < 1.29 is 4.74 Å². The van der Waals surface area contributed by atoms with Gasteiger partial charge in [-0.1, -0.05) is 0 Å². The summed E-state index contributed by atoms with van der Waals surface area (Å²) in [5.74, 6) is 2.96. The number of nitrogens with zero attached hydrogens (tertiary/aromatic N) is 1. The number of nitrogens with one attached hydrogen (secondary N) is 2. The fourth-order valence-corrected chi connectivity index (χ4v) is 1.99. The van der Waals surface area contributed by atoms with Gasteiger partial charge in [0.25, 0.3) is 0 Å². The second-order valence-corrected chi connectivity index (χ2v) is 5.63. The van der Waals surface area contributed by atoms with Crippen LogP contribution in [-0.2, 0) is 4.74 Å². The first-order chi connectivity index (χ1) is 8.86. The van der Waals surface area contributed by atoms with Gasteiger partial charge in [0, 0.05) is 33.4 Å². The van der Waals surface area contributed by atoms with Crippen molar-refractivity contribution >= 4 is 17.7 Å². The molecule has 106 valence electrons. The van der Waals surface area contributed by atoms with E-state index in [2.05, 4.69) is 21.9 Å². The maximum Gasteiger partial charge on any atom is 0.190 e. The van der Waals surface area contributed by atoms with Crippen LogP contribution in [0.25, 0.3) is 0 Å². The topological polar surface area (TPSA) is 45.7 Å². The van der Waals surface area contributed by atoms with Crippen LogP contribution in [-0.4, -0.2) is 51.3 Å². The molecule has 0 radical (unpaired) electrons. The summed E-state index contributed by atoms with van der Waals surface area (Å²) in [6.07, 6.45) is 7.08. The van der Waals surface area contributed by atoms with Crippen LogP contribution in [0.15, 0.2) is 4.99 Å². The van der Waals surface area contributed by atoms with E-state index in [0.717, 1.165) is 44.6 Å². The van der Waals surface area contributed by atoms with Gasteiger partial charge in [0.2, 0.25) is 0 Å². The van der Waals surface area contributed by atoms with Gasteiger partial charge in [-0.15, -0.1) is 0 Å². The van der Waals surface area contributed by atoms with E-state index >= 15 is 0 Å². The Bertz CT molecular complexity index is 232. The Morgan fingerprint density at radius 3 is 2.61 bits per heavy atom. The Morgan fingerprint density at radius 2 is 2.00 bits per heavy atom. The van der Waals surface area contributed by atoms with E-state index in [4.69, 9.17) is 4.74 Å². The third kappa shape index (κ3) is 8.64. The minimum absolute atomic E-state index is 0.854. The molecule has 1 aliphatic rings. The molecule has 18 heavy (non-hydrogen) atoms. The van der Waals surface area contributed by atoms with Crippen molar-refractivity contribution in [1.82, 2.24) is 10.6 Å². The molecular formula is C13H27N3OS. The molecule has 2 N–H and O–H groups in total. The van der Waals surface area contributed by atoms with Crippen LogP contribution in [0.1, 0.15) is 25.7 Å². The first-order valence-electron chi connectivity index (χ1n) is 6.88. The predicted octanol–water partition coefficient (Wildman–Crippen LogP) is 1.72. The minimum atomic E-state index is 0.854. The molecule has 0 saturated heterocycles. The fraction of sp³-hybridized carbons (Fsp3) is 0.923. The monoisotopic (exact) mass is 273 g/mol. The van der Waals surface area contributed by atoms with Crippen molar-refractivity contribution in [3.63, 3.8) is 0 Å².